The molecule has 4 nitrogen and oxygen atoms in total. The third kappa shape index (κ3) is 5.49. The Morgan fingerprint density at radius 3 is 2.89 bits per heavy atom. The van der Waals surface area contributed by atoms with Gasteiger partial charge in [0, 0.05) is 23.2 Å². The highest BCUT2D eigenvalue weighted by molar-refractivity contribution is 6.30. The number of benzene rings is 1. The summed E-state index contributed by atoms with van der Waals surface area (Å²) in [5.74, 6) is 0.476. The molecule has 1 aromatic rings. The van der Waals surface area contributed by atoms with Crippen LogP contribution in [0.4, 0.5) is 0 Å². The summed E-state index contributed by atoms with van der Waals surface area (Å²) in [5, 5.41) is 3.48. The van der Waals surface area contributed by atoms with Gasteiger partial charge < -0.3 is 15.8 Å². The van der Waals surface area contributed by atoms with Gasteiger partial charge in [0.25, 0.3) is 5.91 Å². The summed E-state index contributed by atoms with van der Waals surface area (Å²) in [6.07, 6.45) is 2.00. The molecule has 0 saturated carbocycles. The minimum Gasteiger partial charge on any atom is -0.483 e. The molecule has 106 valence electrons. The highest BCUT2D eigenvalue weighted by Gasteiger charge is 2.09. The molecule has 0 fully saturated rings. The Morgan fingerprint density at radius 1 is 1.53 bits per heavy atom. The van der Waals surface area contributed by atoms with Gasteiger partial charge in [-0.25, -0.2) is 0 Å². The molecule has 19 heavy (non-hydrogen) atoms. The predicted molar refractivity (Wildman–Crippen MR) is 77.4 cm³/mol. The maximum absolute atomic E-state index is 11.7. The van der Waals surface area contributed by atoms with Gasteiger partial charge >= 0.3 is 0 Å². The summed E-state index contributed by atoms with van der Waals surface area (Å²) in [4.78, 5) is 11.7. The lowest BCUT2D eigenvalue weighted by molar-refractivity contribution is -0.123. The highest BCUT2D eigenvalue weighted by atomic mass is 35.5. The molecule has 1 unspecified atom stereocenters. The lowest BCUT2D eigenvalue weighted by atomic mass is 10.2. The fraction of sp³-hybridized carbons (Fsp3) is 0.500. The van der Waals surface area contributed by atoms with Crippen molar-refractivity contribution in [2.24, 2.45) is 5.73 Å². The second-order valence-corrected chi connectivity index (χ2v) is 4.94. The molecule has 0 radical (unpaired) electrons. The van der Waals surface area contributed by atoms with E-state index in [0.29, 0.717) is 17.3 Å². The van der Waals surface area contributed by atoms with E-state index in [1.807, 2.05) is 6.92 Å². The Balaban J connectivity index is 2.50. The molecule has 0 saturated heterocycles. The van der Waals surface area contributed by atoms with E-state index in [1.54, 1.807) is 18.2 Å². The highest BCUT2D eigenvalue weighted by Crippen LogP contribution is 2.22. The molecule has 0 aliphatic carbocycles. The largest absolute Gasteiger partial charge is 0.483 e. The molecule has 0 spiro atoms. The third-order valence-corrected chi connectivity index (χ3v) is 2.97. The minimum absolute atomic E-state index is 0.0112. The molecule has 1 aromatic carbocycles. The van der Waals surface area contributed by atoms with Crippen LogP contribution in [-0.2, 0) is 11.3 Å². The Bertz CT molecular complexity index is 424. The van der Waals surface area contributed by atoms with Crippen molar-refractivity contribution in [2.75, 3.05) is 6.61 Å². The summed E-state index contributed by atoms with van der Waals surface area (Å²) in [6.45, 7) is 4.38. The average molecular weight is 285 g/mol. The number of ether oxygens (including phenoxy) is 1. The zero-order chi connectivity index (χ0) is 14.3. The summed E-state index contributed by atoms with van der Waals surface area (Å²) in [5.41, 5.74) is 6.40. The van der Waals surface area contributed by atoms with Gasteiger partial charge in [0.15, 0.2) is 6.61 Å². The topological polar surface area (TPSA) is 64.3 Å². The van der Waals surface area contributed by atoms with Gasteiger partial charge in [-0.2, -0.15) is 0 Å². The van der Waals surface area contributed by atoms with Gasteiger partial charge in [-0.15, -0.1) is 0 Å². The molecule has 0 bridgehead atoms. The van der Waals surface area contributed by atoms with Crippen molar-refractivity contribution in [3.05, 3.63) is 28.8 Å². The molecular weight excluding hydrogens is 264 g/mol. The first-order valence-electron chi connectivity index (χ1n) is 6.47. The van der Waals surface area contributed by atoms with Gasteiger partial charge in [0.05, 0.1) is 0 Å². The minimum atomic E-state index is -0.126. The number of hydrogen-bond acceptors (Lipinski definition) is 3. The first kappa shape index (κ1) is 15.8. The summed E-state index contributed by atoms with van der Waals surface area (Å²) in [7, 11) is 0. The first-order valence-corrected chi connectivity index (χ1v) is 6.85. The fourth-order valence-electron chi connectivity index (χ4n) is 1.81. The maximum atomic E-state index is 11.7. The van der Waals surface area contributed by atoms with Crippen LogP contribution in [0.2, 0.25) is 5.02 Å². The Labute approximate surface area is 119 Å². The van der Waals surface area contributed by atoms with Crippen LogP contribution < -0.4 is 15.8 Å². The van der Waals surface area contributed by atoms with E-state index in [0.717, 1.165) is 18.4 Å². The number of carbonyl (C=O) groups excluding carboxylic acids is 1. The van der Waals surface area contributed by atoms with Crippen LogP contribution >= 0.6 is 11.6 Å². The van der Waals surface area contributed by atoms with Gasteiger partial charge in [-0.05, 0) is 31.5 Å². The van der Waals surface area contributed by atoms with Gasteiger partial charge in [0.1, 0.15) is 5.75 Å². The Hall–Kier alpha value is -1.26. The lowest BCUT2D eigenvalue weighted by Crippen LogP contribution is -2.36. The Morgan fingerprint density at radius 2 is 2.26 bits per heavy atom. The molecular formula is C14H21ClN2O2. The van der Waals surface area contributed by atoms with Crippen molar-refractivity contribution in [3.63, 3.8) is 0 Å². The van der Waals surface area contributed by atoms with Gasteiger partial charge in [-0.3, -0.25) is 4.79 Å². The van der Waals surface area contributed by atoms with Gasteiger partial charge in [-0.1, -0.05) is 24.9 Å². The second kappa shape index (κ2) is 8.02. The molecule has 1 amide bonds. The van der Waals surface area contributed by atoms with Crippen molar-refractivity contribution in [2.45, 2.75) is 39.3 Å². The van der Waals surface area contributed by atoms with E-state index in [4.69, 9.17) is 22.1 Å². The van der Waals surface area contributed by atoms with E-state index < -0.39 is 0 Å². The van der Waals surface area contributed by atoms with Crippen LogP contribution in [0.15, 0.2) is 18.2 Å². The second-order valence-electron chi connectivity index (χ2n) is 4.50. The SMILES string of the molecule is CCCC(C)NC(=O)COc1ccc(Cl)cc1CN. The number of nitrogens with one attached hydrogen (secondary N) is 1. The van der Waals surface area contributed by atoms with Crippen molar-refractivity contribution in [1.29, 1.82) is 0 Å². The van der Waals surface area contributed by atoms with Gasteiger partial charge in [0.2, 0.25) is 0 Å². The molecule has 5 heteroatoms. The maximum Gasteiger partial charge on any atom is 0.258 e. The molecule has 0 aromatic heterocycles. The number of carbonyl (C=O) groups is 1. The molecule has 0 heterocycles. The average Bonchev–Trinajstić information content (AvgIpc) is 2.37. The molecule has 1 atom stereocenters. The standard InChI is InChI=1S/C14H21ClN2O2/c1-3-4-10(2)17-14(18)9-19-13-6-5-12(15)7-11(13)8-16/h5-7,10H,3-4,8-9,16H2,1-2H3,(H,17,18). The summed E-state index contributed by atoms with van der Waals surface area (Å²) in [6, 6.07) is 5.36. The van der Waals surface area contributed by atoms with Crippen LogP contribution in [0.3, 0.4) is 0 Å². The van der Waals surface area contributed by atoms with Crippen LogP contribution in [0.25, 0.3) is 0 Å². The Kier molecular flexibility index (Phi) is 6.67. The van der Waals surface area contributed by atoms with Crippen molar-refractivity contribution >= 4 is 17.5 Å². The molecule has 1 rings (SSSR count). The van der Waals surface area contributed by atoms with Crippen LogP contribution in [-0.4, -0.2) is 18.6 Å². The van der Waals surface area contributed by atoms with Crippen LogP contribution in [0, 0.1) is 0 Å². The van der Waals surface area contributed by atoms with E-state index >= 15 is 0 Å². The summed E-state index contributed by atoms with van der Waals surface area (Å²) < 4.78 is 5.47. The molecule has 0 aliphatic rings. The number of nitrogens with two attached hydrogens (primary N) is 1. The zero-order valence-corrected chi connectivity index (χ0v) is 12.2. The normalized spacial score (nSPS) is 12.0. The quantitative estimate of drug-likeness (QED) is 0.808. The number of rotatable bonds is 7. The molecule has 3 N–H and O–H groups in total. The number of amides is 1. The first-order chi connectivity index (χ1) is 9.06. The van der Waals surface area contributed by atoms with Crippen molar-refractivity contribution < 1.29 is 9.53 Å². The third-order valence-electron chi connectivity index (χ3n) is 2.73. The van der Waals surface area contributed by atoms with Crippen LogP contribution in [0.5, 0.6) is 5.75 Å². The predicted octanol–water partition coefficient (Wildman–Crippen LogP) is 2.48. The lowest BCUT2D eigenvalue weighted by Gasteiger charge is -2.14. The summed E-state index contributed by atoms with van der Waals surface area (Å²) >= 11 is 5.87. The van der Waals surface area contributed by atoms with E-state index in [9.17, 15) is 4.79 Å². The smallest absolute Gasteiger partial charge is 0.258 e. The van der Waals surface area contributed by atoms with Crippen molar-refractivity contribution in [1.82, 2.24) is 5.32 Å². The van der Waals surface area contributed by atoms with E-state index in [2.05, 4.69) is 12.2 Å². The monoisotopic (exact) mass is 284 g/mol. The molecule has 0 aliphatic heterocycles. The zero-order valence-electron chi connectivity index (χ0n) is 11.4. The van der Waals surface area contributed by atoms with E-state index in [-0.39, 0.29) is 18.6 Å². The van der Waals surface area contributed by atoms with Crippen molar-refractivity contribution in [3.8, 4) is 5.75 Å². The van der Waals surface area contributed by atoms with E-state index in [1.165, 1.54) is 0 Å². The van der Waals surface area contributed by atoms with Crippen LogP contribution in [0.1, 0.15) is 32.3 Å². The fourth-order valence-corrected chi connectivity index (χ4v) is 2.01. The number of halogens is 1. The number of hydrogen-bond donors (Lipinski definition) is 2.